The highest BCUT2D eigenvalue weighted by Gasteiger charge is 2.40. The van der Waals surface area contributed by atoms with Crippen LogP contribution in [0.25, 0.3) is 0 Å². The highest BCUT2D eigenvalue weighted by Crippen LogP contribution is 2.49. The third-order valence-electron chi connectivity index (χ3n) is 5.08. The van der Waals surface area contributed by atoms with Crippen molar-refractivity contribution in [3.8, 4) is 0 Å². The lowest BCUT2D eigenvalue weighted by molar-refractivity contribution is -0.119. The highest BCUT2D eigenvalue weighted by atomic mass is 16.5. The van der Waals surface area contributed by atoms with E-state index in [2.05, 4.69) is 18.7 Å². The van der Waals surface area contributed by atoms with Gasteiger partial charge in [0, 0.05) is 6.61 Å². The predicted molar refractivity (Wildman–Crippen MR) is 80.3 cm³/mol. The first-order chi connectivity index (χ1) is 9.49. The van der Waals surface area contributed by atoms with Crippen molar-refractivity contribution in [3.63, 3.8) is 0 Å². The molecule has 0 aromatic heterocycles. The molecule has 0 aromatic rings. The average Bonchev–Trinajstić information content (AvgIpc) is 2.75. The van der Waals surface area contributed by atoms with E-state index in [0.717, 1.165) is 25.6 Å². The Morgan fingerprint density at radius 3 is 2.65 bits per heavy atom. The summed E-state index contributed by atoms with van der Waals surface area (Å²) in [4.78, 5) is 13.2. The lowest BCUT2D eigenvalue weighted by Gasteiger charge is -2.39. The smallest absolute Gasteiger partial charge is 0.231 e. The summed E-state index contributed by atoms with van der Waals surface area (Å²) in [5.74, 6) is 0.646. The van der Waals surface area contributed by atoms with Gasteiger partial charge in [0.25, 0.3) is 0 Å². The van der Waals surface area contributed by atoms with Crippen molar-refractivity contribution >= 4 is 5.91 Å². The zero-order chi connectivity index (χ0) is 14.6. The Balaban J connectivity index is 1.71. The molecule has 1 spiro atoms. The molecule has 0 radical (unpaired) electrons. The zero-order valence-corrected chi connectivity index (χ0v) is 13.1. The molecule has 1 aliphatic carbocycles. The fourth-order valence-electron chi connectivity index (χ4n) is 3.90. The van der Waals surface area contributed by atoms with Crippen LogP contribution in [-0.4, -0.2) is 43.2 Å². The number of amides is 1. The third-order valence-corrected chi connectivity index (χ3v) is 5.08. The Morgan fingerprint density at radius 1 is 1.35 bits per heavy atom. The molecule has 116 valence electrons. The van der Waals surface area contributed by atoms with Gasteiger partial charge in [0.15, 0.2) is 0 Å². The van der Waals surface area contributed by atoms with Crippen molar-refractivity contribution in [3.05, 3.63) is 0 Å². The van der Waals surface area contributed by atoms with Crippen LogP contribution in [0.15, 0.2) is 0 Å². The largest absolute Gasteiger partial charge is 0.379 e. The molecule has 1 amide bonds. The van der Waals surface area contributed by atoms with Gasteiger partial charge in [-0.05, 0) is 76.8 Å². The first-order valence-corrected chi connectivity index (χ1v) is 8.11. The predicted octanol–water partition coefficient (Wildman–Crippen LogP) is 2.17. The van der Waals surface area contributed by atoms with Gasteiger partial charge in [0.2, 0.25) is 5.91 Å². The molecule has 2 N–H and O–H groups in total. The maximum Gasteiger partial charge on any atom is 0.231 e. The molecule has 1 saturated carbocycles. The fraction of sp³-hybridized carbons (Fsp3) is 0.938. The lowest BCUT2D eigenvalue weighted by Crippen LogP contribution is -2.42. The average molecular weight is 282 g/mol. The lowest BCUT2D eigenvalue weighted by atomic mass is 9.76. The Morgan fingerprint density at radius 2 is 2.05 bits per heavy atom. The molecule has 1 saturated heterocycles. The van der Waals surface area contributed by atoms with Crippen molar-refractivity contribution in [2.45, 2.75) is 58.5 Å². The Labute approximate surface area is 123 Å². The summed E-state index contributed by atoms with van der Waals surface area (Å²) < 4.78 is 5.68. The standard InChI is InChI=1S/C16H30N2O2/c1-13(2)20-10-4-14-3-5-16(11-14)6-8-18(9-7-16)12-15(17)19/h13-14H,3-12H2,1-2H3,(H2,17,19). The van der Waals surface area contributed by atoms with E-state index < -0.39 is 0 Å². The number of rotatable bonds is 6. The molecule has 0 bridgehead atoms. The van der Waals surface area contributed by atoms with E-state index in [-0.39, 0.29) is 5.91 Å². The molecule has 1 heterocycles. The molecule has 2 fully saturated rings. The number of primary amides is 1. The summed E-state index contributed by atoms with van der Waals surface area (Å²) in [6.45, 7) is 7.62. The van der Waals surface area contributed by atoms with Crippen LogP contribution in [0.1, 0.15) is 52.4 Å². The van der Waals surface area contributed by atoms with Gasteiger partial charge >= 0.3 is 0 Å². The van der Waals surface area contributed by atoms with E-state index in [1.54, 1.807) is 0 Å². The highest BCUT2D eigenvalue weighted by molar-refractivity contribution is 5.75. The second-order valence-corrected chi connectivity index (χ2v) is 7.06. The molecular formula is C16H30N2O2. The van der Waals surface area contributed by atoms with E-state index in [9.17, 15) is 4.79 Å². The molecule has 4 heteroatoms. The summed E-state index contributed by atoms with van der Waals surface area (Å²) in [7, 11) is 0. The van der Waals surface area contributed by atoms with Crippen molar-refractivity contribution < 1.29 is 9.53 Å². The fourth-order valence-corrected chi connectivity index (χ4v) is 3.90. The maximum absolute atomic E-state index is 11.0. The number of carbonyl (C=O) groups is 1. The number of hydrogen-bond donors (Lipinski definition) is 1. The Kier molecular flexibility index (Phi) is 5.44. The molecule has 1 atom stereocenters. The maximum atomic E-state index is 11.0. The molecule has 20 heavy (non-hydrogen) atoms. The topological polar surface area (TPSA) is 55.6 Å². The van der Waals surface area contributed by atoms with Gasteiger partial charge in [0.1, 0.15) is 0 Å². The van der Waals surface area contributed by atoms with Crippen molar-refractivity contribution in [1.82, 2.24) is 4.90 Å². The number of nitrogens with two attached hydrogens (primary N) is 1. The van der Waals surface area contributed by atoms with Crippen LogP contribution < -0.4 is 5.73 Å². The first-order valence-electron chi connectivity index (χ1n) is 8.11. The summed E-state index contributed by atoms with van der Waals surface area (Å²) in [6, 6.07) is 0. The minimum atomic E-state index is -0.198. The van der Waals surface area contributed by atoms with Gasteiger partial charge < -0.3 is 10.5 Å². The van der Waals surface area contributed by atoms with Gasteiger partial charge in [-0.15, -0.1) is 0 Å². The van der Waals surface area contributed by atoms with Gasteiger partial charge in [-0.25, -0.2) is 0 Å². The minimum absolute atomic E-state index is 0.198. The number of likely N-dealkylation sites (tertiary alicyclic amines) is 1. The van der Waals surface area contributed by atoms with E-state index in [1.165, 1.54) is 38.5 Å². The van der Waals surface area contributed by atoms with E-state index in [4.69, 9.17) is 10.5 Å². The summed E-state index contributed by atoms with van der Waals surface area (Å²) in [6.07, 6.45) is 8.12. The SMILES string of the molecule is CC(C)OCCC1CCC2(CCN(CC(N)=O)CC2)C1. The monoisotopic (exact) mass is 282 g/mol. The summed E-state index contributed by atoms with van der Waals surface area (Å²) >= 11 is 0. The van der Waals surface area contributed by atoms with Crippen LogP contribution in [0.2, 0.25) is 0 Å². The second-order valence-electron chi connectivity index (χ2n) is 7.06. The molecule has 0 aromatic carbocycles. The van der Waals surface area contributed by atoms with Crippen LogP contribution in [-0.2, 0) is 9.53 Å². The van der Waals surface area contributed by atoms with Gasteiger partial charge in [-0.3, -0.25) is 9.69 Å². The number of nitrogens with zero attached hydrogens (tertiary/aromatic N) is 1. The summed E-state index contributed by atoms with van der Waals surface area (Å²) in [5.41, 5.74) is 5.83. The van der Waals surface area contributed by atoms with Crippen molar-refractivity contribution in [2.24, 2.45) is 17.1 Å². The first kappa shape index (κ1) is 15.8. The molecule has 4 nitrogen and oxygen atoms in total. The van der Waals surface area contributed by atoms with Crippen LogP contribution in [0.5, 0.6) is 0 Å². The molecular weight excluding hydrogens is 252 g/mol. The van der Waals surface area contributed by atoms with Crippen LogP contribution >= 0.6 is 0 Å². The van der Waals surface area contributed by atoms with E-state index >= 15 is 0 Å². The number of ether oxygens (including phenoxy) is 1. The summed E-state index contributed by atoms with van der Waals surface area (Å²) in [5, 5.41) is 0. The molecule has 2 rings (SSSR count). The van der Waals surface area contributed by atoms with Crippen LogP contribution in [0.4, 0.5) is 0 Å². The minimum Gasteiger partial charge on any atom is -0.379 e. The van der Waals surface area contributed by atoms with E-state index in [1.807, 2.05) is 0 Å². The zero-order valence-electron chi connectivity index (χ0n) is 13.1. The van der Waals surface area contributed by atoms with Crippen LogP contribution in [0.3, 0.4) is 0 Å². The number of piperidine rings is 1. The second kappa shape index (κ2) is 6.90. The quantitative estimate of drug-likeness (QED) is 0.812. The van der Waals surface area contributed by atoms with Gasteiger partial charge in [-0.1, -0.05) is 0 Å². The van der Waals surface area contributed by atoms with E-state index in [0.29, 0.717) is 18.1 Å². The Bertz CT molecular complexity index is 322. The number of hydrogen-bond acceptors (Lipinski definition) is 3. The van der Waals surface area contributed by atoms with Crippen LogP contribution in [0, 0.1) is 11.3 Å². The van der Waals surface area contributed by atoms with Gasteiger partial charge in [0.05, 0.1) is 12.6 Å². The molecule has 2 aliphatic rings. The molecule has 1 unspecified atom stereocenters. The van der Waals surface area contributed by atoms with Crippen molar-refractivity contribution in [2.75, 3.05) is 26.2 Å². The van der Waals surface area contributed by atoms with Crippen molar-refractivity contribution in [1.29, 1.82) is 0 Å². The third kappa shape index (κ3) is 4.45. The normalized spacial score (nSPS) is 26.4. The Hall–Kier alpha value is -0.610. The van der Waals surface area contributed by atoms with Gasteiger partial charge in [-0.2, -0.15) is 0 Å². The number of carbonyl (C=O) groups excluding carboxylic acids is 1. The molecule has 1 aliphatic heterocycles.